The van der Waals surface area contributed by atoms with Crippen LogP contribution in [0, 0.1) is 0 Å². The maximum atomic E-state index is 13.1. The van der Waals surface area contributed by atoms with Crippen molar-refractivity contribution in [3.8, 4) is 11.1 Å². The summed E-state index contributed by atoms with van der Waals surface area (Å²) in [6.45, 7) is 1.63. The number of ether oxygens (including phenoxy) is 1. The highest BCUT2D eigenvalue weighted by Gasteiger charge is 2.39. The Labute approximate surface area is 153 Å². The molecule has 2 aromatic rings. The van der Waals surface area contributed by atoms with Crippen molar-refractivity contribution in [3.05, 3.63) is 54.6 Å². The lowest BCUT2D eigenvalue weighted by Gasteiger charge is -2.22. The van der Waals surface area contributed by atoms with Crippen molar-refractivity contribution in [1.29, 1.82) is 0 Å². The first-order chi connectivity index (χ1) is 12.6. The molecule has 2 heterocycles. The highest BCUT2D eigenvalue weighted by Crippen LogP contribution is 2.28. The number of cyclic esters (lactones) is 1. The first-order valence-corrected chi connectivity index (χ1v) is 10.1. The zero-order chi connectivity index (χ0) is 18.1. The molecule has 2 aromatic carbocycles. The molecule has 2 aliphatic heterocycles. The number of hydrogen-bond acceptors (Lipinski definition) is 4. The Morgan fingerprint density at radius 2 is 1.73 bits per heavy atom. The van der Waals surface area contributed by atoms with Gasteiger partial charge < -0.3 is 9.64 Å². The van der Waals surface area contributed by atoms with E-state index in [4.69, 9.17) is 4.74 Å². The Morgan fingerprint density at radius 1 is 0.962 bits per heavy atom. The van der Waals surface area contributed by atoms with E-state index in [0.717, 1.165) is 11.1 Å². The Kier molecular flexibility index (Phi) is 4.42. The van der Waals surface area contributed by atoms with Crippen LogP contribution < -0.4 is 0 Å². The van der Waals surface area contributed by atoms with Crippen LogP contribution in [0.3, 0.4) is 0 Å². The molecule has 4 rings (SSSR count). The molecule has 0 aliphatic carbocycles. The number of amides is 1. The second kappa shape index (κ2) is 6.74. The Bertz CT molecular complexity index is 914. The molecule has 0 N–H and O–H groups in total. The van der Waals surface area contributed by atoms with E-state index in [2.05, 4.69) is 0 Å². The Morgan fingerprint density at radius 3 is 2.46 bits per heavy atom. The lowest BCUT2D eigenvalue weighted by molar-refractivity contribution is 0.149. The van der Waals surface area contributed by atoms with Gasteiger partial charge in [-0.05, 0) is 29.7 Å². The molecule has 0 radical (unpaired) electrons. The minimum Gasteiger partial charge on any atom is -0.448 e. The summed E-state index contributed by atoms with van der Waals surface area (Å²) in [5.74, 6) is 0. The van der Waals surface area contributed by atoms with Gasteiger partial charge in [0.05, 0.1) is 17.5 Å². The number of nitrogens with zero attached hydrogens (tertiary/aromatic N) is 2. The van der Waals surface area contributed by atoms with Crippen LogP contribution in [0.25, 0.3) is 11.1 Å². The van der Waals surface area contributed by atoms with Gasteiger partial charge in [0.15, 0.2) is 0 Å². The third-order valence-corrected chi connectivity index (χ3v) is 6.80. The SMILES string of the molecule is O=C1OCCN1C1CCN(S(=O)(=O)c2cccc(-c3ccccc3)c2)C1. The molecule has 1 unspecified atom stereocenters. The van der Waals surface area contributed by atoms with E-state index < -0.39 is 10.0 Å². The number of benzene rings is 2. The van der Waals surface area contributed by atoms with E-state index in [1.165, 1.54) is 4.31 Å². The first kappa shape index (κ1) is 17.1. The molecular weight excluding hydrogens is 352 g/mol. The molecule has 2 aliphatic rings. The lowest BCUT2D eigenvalue weighted by Crippen LogP contribution is -2.39. The number of carbonyl (C=O) groups is 1. The standard InChI is InChI=1S/C19H20N2O4S/c22-19-21(11-12-25-19)17-9-10-20(14-17)26(23,24)18-8-4-7-16(13-18)15-5-2-1-3-6-15/h1-8,13,17H,9-12,14H2. The number of sulfonamides is 1. The van der Waals surface area contributed by atoms with E-state index in [9.17, 15) is 13.2 Å². The van der Waals surface area contributed by atoms with Crippen LogP contribution in [0.4, 0.5) is 4.79 Å². The van der Waals surface area contributed by atoms with Crippen molar-refractivity contribution in [2.75, 3.05) is 26.2 Å². The molecule has 26 heavy (non-hydrogen) atoms. The van der Waals surface area contributed by atoms with Crippen LogP contribution in [-0.4, -0.2) is 56.0 Å². The fraction of sp³-hybridized carbons (Fsp3) is 0.316. The fourth-order valence-electron chi connectivity index (χ4n) is 3.54. The van der Waals surface area contributed by atoms with Gasteiger partial charge in [0.25, 0.3) is 0 Å². The molecule has 1 amide bonds. The quantitative estimate of drug-likeness (QED) is 0.827. The molecule has 7 heteroatoms. The molecule has 1 atom stereocenters. The minimum absolute atomic E-state index is 0.114. The number of hydrogen-bond donors (Lipinski definition) is 0. The highest BCUT2D eigenvalue weighted by molar-refractivity contribution is 7.89. The highest BCUT2D eigenvalue weighted by atomic mass is 32.2. The van der Waals surface area contributed by atoms with Crippen LogP contribution in [0.5, 0.6) is 0 Å². The maximum absolute atomic E-state index is 13.1. The number of rotatable bonds is 4. The average Bonchev–Trinajstić information content (AvgIpc) is 3.31. The van der Waals surface area contributed by atoms with Crippen molar-refractivity contribution in [2.24, 2.45) is 0 Å². The van der Waals surface area contributed by atoms with E-state index in [1.807, 2.05) is 36.4 Å². The molecule has 6 nitrogen and oxygen atoms in total. The Hall–Kier alpha value is -2.38. The molecule has 0 spiro atoms. The predicted molar refractivity (Wildman–Crippen MR) is 97.1 cm³/mol. The third kappa shape index (κ3) is 3.08. The van der Waals surface area contributed by atoms with Crippen molar-refractivity contribution < 1.29 is 17.9 Å². The second-order valence-corrected chi connectivity index (χ2v) is 8.45. The van der Waals surface area contributed by atoms with Crippen LogP contribution in [0.15, 0.2) is 59.5 Å². The normalized spacial score (nSPS) is 21.2. The van der Waals surface area contributed by atoms with E-state index >= 15 is 0 Å². The summed E-state index contributed by atoms with van der Waals surface area (Å²) in [5, 5.41) is 0. The third-order valence-electron chi connectivity index (χ3n) is 4.94. The van der Waals surface area contributed by atoms with Gasteiger partial charge in [-0.2, -0.15) is 4.31 Å². The molecule has 2 fully saturated rings. The van der Waals surface area contributed by atoms with Gasteiger partial charge in [-0.1, -0.05) is 42.5 Å². The smallest absolute Gasteiger partial charge is 0.410 e. The summed E-state index contributed by atoms with van der Waals surface area (Å²) in [6, 6.07) is 16.6. The average molecular weight is 372 g/mol. The summed E-state index contributed by atoms with van der Waals surface area (Å²) >= 11 is 0. The van der Waals surface area contributed by atoms with Crippen LogP contribution in [0.1, 0.15) is 6.42 Å². The fourth-order valence-corrected chi connectivity index (χ4v) is 5.07. The maximum Gasteiger partial charge on any atom is 0.410 e. The largest absolute Gasteiger partial charge is 0.448 e. The van der Waals surface area contributed by atoms with E-state index in [1.54, 1.807) is 23.1 Å². The topological polar surface area (TPSA) is 66.9 Å². The molecule has 136 valence electrons. The summed E-state index contributed by atoms with van der Waals surface area (Å²) in [7, 11) is -3.59. The van der Waals surface area contributed by atoms with Gasteiger partial charge in [0, 0.05) is 13.1 Å². The number of carbonyl (C=O) groups excluding carboxylic acids is 1. The lowest BCUT2D eigenvalue weighted by atomic mass is 10.1. The van der Waals surface area contributed by atoms with Gasteiger partial charge in [-0.25, -0.2) is 13.2 Å². The van der Waals surface area contributed by atoms with Gasteiger partial charge in [0.1, 0.15) is 6.61 Å². The van der Waals surface area contributed by atoms with E-state index in [-0.39, 0.29) is 17.0 Å². The van der Waals surface area contributed by atoms with Crippen LogP contribution in [-0.2, 0) is 14.8 Å². The van der Waals surface area contributed by atoms with Gasteiger partial charge in [-0.15, -0.1) is 0 Å². The zero-order valence-corrected chi connectivity index (χ0v) is 15.1. The summed E-state index contributed by atoms with van der Waals surface area (Å²) < 4.78 is 32.5. The van der Waals surface area contributed by atoms with Crippen molar-refractivity contribution >= 4 is 16.1 Å². The molecular formula is C19H20N2O4S. The predicted octanol–water partition coefficient (Wildman–Crippen LogP) is 2.57. The summed E-state index contributed by atoms with van der Waals surface area (Å²) in [5.41, 5.74) is 1.84. The molecule has 0 saturated carbocycles. The minimum atomic E-state index is -3.59. The molecule has 0 aromatic heterocycles. The Balaban J connectivity index is 1.57. The van der Waals surface area contributed by atoms with Crippen LogP contribution in [0.2, 0.25) is 0 Å². The first-order valence-electron chi connectivity index (χ1n) is 8.65. The van der Waals surface area contributed by atoms with Crippen molar-refractivity contribution in [3.63, 3.8) is 0 Å². The molecule has 2 saturated heterocycles. The van der Waals surface area contributed by atoms with Crippen molar-refractivity contribution in [2.45, 2.75) is 17.4 Å². The second-order valence-electron chi connectivity index (χ2n) is 6.51. The monoisotopic (exact) mass is 372 g/mol. The van der Waals surface area contributed by atoms with Crippen molar-refractivity contribution in [1.82, 2.24) is 9.21 Å². The van der Waals surface area contributed by atoms with Gasteiger partial charge in [-0.3, -0.25) is 0 Å². The van der Waals surface area contributed by atoms with E-state index in [0.29, 0.717) is 32.7 Å². The summed E-state index contributed by atoms with van der Waals surface area (Å²) in [6.07, 6.45) is 0.285. The van der Waals surface area contributed by atoms with Gasteiger partial charge >= 0.3 is 6.09 Å². The summed E-state index contributed by atoms with van der Waals surface area (Å²) in [4.78, 5) is 13.6. The van der Waals surface area contributed by atoms with Gasteiger partial charge in [0.2, 0.25) is 10.0 Å². The van der Waals surface area contributed by atoms with Crippen LogP contribution >= 0.6 is 0 Å². The molecule has 0 bridgehead atoms. The zero-order valence-electron chi connectivity index (χ0n) is 14.2.